The number of benzene rings is 2. The molecule has 1 aliphatic heterocycles. The fourth-order valence-corrected chi connectivity index (χ4v) is 6.34. The zero-order chi connectivity index (χ0) is 24.3. The van der Waals surface area contributed by atoms with E-state index in [0.717, 1.165) is 22.9 Å². The second-order valence-corrected chi connectivity index (χ2v) is 12.4. The number of rotatable bonds is 7. The number of nitrogens with one attached hydrogen (secondary N) is 1. The first-order chi connectivity index (χ1) is 16.1. The average molecular weight is 584 g/mol. The van der Waals surface area contributed by atoms with Crippen LogP contribution in [0, 0.1) is 5.92 Å². The largest absolute Gasteiger partial charge is 0.284 e. The first-order valence-electron chi connectivity index (χ1n) is 10.7. The molecule has 1 fully saturated rings. The molecule has 34 heavy (non-hydrogen) atoms. The number of hydrogen-bond donors (Lipinski definition) is 1. The van der Waals surface area contributed by atoms with Gasteiger partial charge < -0.3 is 0 Å². The van der Waals surface area contributed by atoms with Crippen LogP contribution in [0.5, 0.6) is 0 Å². The van der Waals surface area contributed by atoms with Crippen molar-refractivity contribution in [1.29, 1.82) is 0 Å². The molecule has 1 amide bonds. The van der Waals surface area contributed by atoms with Crippen LogP contribution in [0.4, 0.5) is 11.6 Å². The molecule has 1 saturated carbocycles. The molecular formula is C23H21BrCl2N4O3S. The average Bonchev–Trinajstić information content (AvgIpc) is 3.45. The van der Waals surface area contributed by atoms with Crippen molar-refractivity contribution in [2.24, 2.45) is 5.92 Å². The molecule has 0 radical (unpaired) electrons. The number of halogens is 3. The highest BCUT2D eigenvalue weighted by Crippen LogP contribution is 2.44. The van der Waals surface area contributed by atoms with Crippen molar-refractivity contribution in [3.05, 3.63) is 68.7 Å². The van der Waals surface area contributed by atoms with Crippen LogP contribution in [0.3, 0.4) is 0 Å². The van der Waals surface area contributed by atoms with Crippen molar-refractivity contribution in [3.63, 3.8) is 0 Å². The van der Waals surface area contributed by atoms with Crippen LogP contribution < -0.4 is 9.62 Å². The van der Waals surface area contributed by atoms with E-state index in [0.29, 0.717) is 28.2 Å². The minimum Gasteiger partial charge on any atom is -0.284 e. The zero-order valence-corrected chi connectivity index (χ0v) is 22.0. The summed E-state index contributed by atoms with van der Waals surface area (Å²) in [5.74, 6) is 0.238. The Morgan fingerprint density at radius 1 is 1.15 bits per heavy atom. The van der Waals surface area contributed by atoms with Gasteiger partial charge in [-0.3, -0.25) is 9.36 Å². The van der Waals surface area contributed by atoms with Gasteiger partial charge in [0.25, 0.3) is 15.9 Å². The van der Waals surface area contributed by atoms with Crippen molar-refractivity contribution in [2.75, 3.05) is 11.4 Å². The summed E-state index contributed by atoms with van der Waals surface area (Å²) in [6, 6.07) is 12.4. The van der Waals surface area contributed by atoms with Gasteiger partial charge in [-0.05, 0) is 61.6 Å². The lowest BCUT2D eigenvalue weighted by molar-refractivity contribution is -0.124. The first-order valence-corrected chi connectivity index (χ1v) is 13.7. The Morgan fingerprint density at radius 3 is 2.41 bits per heavy atom. The van der Waals surface area contributed by atoms with Gasteiger partial charge in [-0.25, -0.2) is 23.0 Å². The third-order valence-corrected chi connectivity index (χ3v) is 8.52. The number of sulfonamides is 1. The van der Waals surface area contributed by atoms with Crippen molar-refractivity contribution >= 4 is 66.7 Å². The second-order valence-electron chi connectivity index (χ2n) is 8.87. The smallest absolute Gasteiger partial charge is 0.260 e. The fraction of sp³-hybridized carbons (Fsp3) is 0.304. The lowest BCUT2D eigenvalue weighted by Crippen LogP contribution is -2.42. The summed E-state index contributed by atoms with van der Waals surface area (Å²) in [6.45, 7) is 2.10. The van der Waals surface area contributed by atoms with Crippen LogP contribution >= 0.6 is 39.1 Å². The third-order valence-electron chi connectivity index (χ3n) is 6.17. The molecule has 1 N–H and O–H groups in total. The molecule has 1 aromatic heterocycles. The third kappa shape index (κ3) is 4.28. The van der Waals surface area contributed by atoms with Gasteiger partial charge in [0.2, 0.25) is 5.95 Å². The Morgan fingerprint density at radius 2 is 1.79 bits per heavy atom. The summed E-state index contributed by atoms with van der Waals surface area (Å²) >= 11 is 15.9. The molecule has 0 saturated heterocycles. The number of imidazole rings is 1. The molecule has 0 spiro atoms. The van der Waals surface area contributed by atoms with Gasteiger partial charge in [-0.1, -0.05) is 51.3 Å². The highest BCUT2D eigenvalue weighted by atomic mass is 79.9. The number of nitrogens with zero attached hydrogens (tertiary/aromatic N) is 3. The van der Waals surface area contributed by atoms with E-state index in [4.69, 9.17) is 23.2 Å². The van der Waals surface area contributed by atoms with Gasteiger partial charge in [0.15, 0.2) is 5.03 Å². The summed E-state index contributed by atoms with van der Waals surface area (Å²) in [7, 11) is -3.90. The molecule has 178 valence electrons. The predicted molar refractivity (Wildman–Crippen MR) is 135 cm³/mol. The molecule has 0 bridgehead atoms. The van der Waals surface area contributed by atoms with E-state index < -0.39 is 15.6 Å². The van der Waals surface area contributed by atoms with Gasteiger partial charge in [0.1, 0.15) is 5.54 Å². The number of carbonyl (C=O) groups excluding carboxylic acids is 1. The SMILES string of the molecule is CC1(Cc2ccc(Br)cc2)C(=O)N(c2cc(Cl)cc(Cl)c2)c2ncc(S(=O)(=O)NCC3CC3)n21. The van der Waals surface area contributed by atoms with Crippen LogP contribution in [0.15, 0.2) is 58.2 Å². The topological polar surface area (TPSA) is 84.3 Å². The van der Waals surface area contributed by atoms with E-state index in [9.17, 15) is 13.2 Å². The molecule has 1 aliphatic carbocycles. The highest BCUT2D eigenvalue weighted by Gasteiger charge is 2.51. The molecule has 1 unspecified atom stereocenters. The number of carbonyl (C=O) groups is 1. The Balaban J connectivity index is 1.64. The molecule has 3 aromatic rings. The number of amides is 1. The van der Waals surface area contributed by atoms with Crippen LogP contribution in [0.25, 0.3) is 0 Å². The van der Waals surface area contributed by atoms with Crippen molar-refractivity contribution in [1.82, 2.24) is 14.3 Å². The monoisotopic (exact) mass is 582 g/mol. The minimum absolute atomic E-state index is 0.0493. The van der Waals surface area contributed by atoms with Crippen molar-refractivity contribution in [3.8, 4) is 0 Å². The number of fused-ring (bicyclic) bond motifs is 1. The maximum Gasteiger partial charge on any atom is 0.260 e. The summed E-state index contributed by atoms with van der Waals surface area (Å²) in [5.41, 5.74) is 0.0423. The Labute approximate surface area is 216 Å². The molecule has 2 aromatic carbocycles. The lowest BCUT2D eigenvalue weighted by Gasteiger charge is -2.26. The van der Waals surface area contributed by atoms with E-state index in [1.54, 1.807) is 25.1 Å². The van der Waals surface area contributed by atoms with Gasteiger partial charge in [-0.15, -0.1) is 0 Å². The normalized spacial score (nSPS) is 20.1. The maximum absolute atomic E-state index is 13.9. The molecule has 2 aliphatic rings. The molecule has 5 rings (SSSR count). The van der Waals surface area contributed by atoms with E-state index in [1.165, 1.54) is 15.7 Å². The first kappa shape index (κ1) is 23.8. The number of aromatic nitrogens is 2. The maximum atomic E-state index is 13.9. The minimum atomic E-state index is -3.90. The molecule has 11 heteroatoms. The Hall–Kier alpha value is -1.91. The Bertz CT molecular complexity index is 1370. The molecule has 7 nitrogen and oxygen atoms in total. The second kappa shape index (κ2) is 8.64. The van der Waals surface area contributed by atoms with Gasteiger partial charge in [-0.2, -0.15) is 0 Å². The standard InChI is InChI=1S/C23H21BrCl2N4O3S/c1-23(11-14-4-6-16(24)7-5-14)21(31)29(19-9-17(25)8-18(26)10-19)22-27-13-20(30(22)23)34(32,33)28-12-15-2-3-15/h4-10,13,15,28H,2-3,11-12H2,1H3. The lowest BCUT2D eigenvalue weighted by atomic mass is 9.92. The van der Waals surface area contributed by atoms with Gasteiger partial charge in [0.05, 0.1) is 11.9 Å². The van der Waals surface area contributed by atoms with Crippen molar-refractivity contribution in [2.45, 2.75) is 36.8 Å². The summed E-state index contributed by atoms with van der Waals surface area (Å²) in [5, 5.41) is 0.662. The van der Waals surface area contributed by atoms with Crippen LogP contribution in [0.1, 0.15) is 25.3 Å². The molecule has 2 heterocycles. The predicted octanol–water partition coefficient (Wildman–Crippen LogP) is 5.28. The quantitative estimate of drug-likeness (QED) is 0.410. The van der Waals surface area contributed by atoms with Gasteiger partial charge >= 0.3 is 0 Å². The van der Waals surface area contributed by atoms with Crippen LogP contribution in [-0.2, 0) is 26.8 Å². The number of hydrogen-bond acceptors (Lipinski definition) is 4. The van der Waals surface area contributed by atoms with Crippen LogP contribution in [-0.4, -0.2) is 30.4 Å². The van der Waals surface area contributed by atoms with Crippen LogP contribution in [0.2, 0.25) is 10.0 Å². The highest BCUT2D eigenvalue weighted by molar-refractivity contribution is 9.10. The molecule has 1 atom stereocenters. The van der Waals surface area contributed by atoms with E-state index >= 15 is 0 Å². The zero-order valence-electron chi connectivity index (χ0n) is 18.1. The van der Waals surface area contributed by atoms with E-state index in [-0.39, 0.29) is 23.3 Å². The molecular weight excluding hydrogens is 563 g/mol. The Kier molecular flexibility index (Phi) is 6.05. The summed E-state index contributed by atoms with van der Waals surface area (Å²) in [4.78, 5) is 19.7. The fourth-order valence-electron chi connectivity index (χ4n) is 4.24. The summed E-state index contributed by atoms with van der Waals surface area (Å²) < 4.78 is 31.7. The van der Waals surface area contributed by atoms with Gasteiger partial charge in [0, 0.05) is 27.5 Å². The van der Waals surface area contributed by atoms with Crippen molar-refractivity contribution < 1.29 is 13.2 Å². The number of anilines is 2. The van der Waals surface area contributed by atoms with E-state index in [1.807, 2.05) is 24.3 Å². The van der Waals surface area contributed by atoms with E-state index in [2.05, 4.69) is 25.6 Å². The summed E-state index contributed by atoms with van der Waals surface area (Å²) in [6.07, 6.45) is 3.58.